The summed E-state index contributed by atoms with van der Waals surface area (Å²) in [4.78, 5) is 16.0. The van der Waals surface area contributed by atoms with Crippen molar-refractivity contribution in [2.45, 2.75) is 51.2 Å². The molecule has 216 valence electrons. The van der Waals surface area contributed by atoms with Gasteiger partial charge in [0.15, 0.2) is 5.82 Å². The van der Waals surface area contributed by atoms with Gasteiger partial charge < -0.3 is 25.0 Å². The standard InChI is InChI=1S/C30H33F2N5O4/c1-17(2)41-28-23-26(24(32)25(34-28)22-15-20(39)13-18-5-6-19(31)14-21(18)22)35-29(36-27(23)33-9-12-38)40-16-30-7-3-10-37(30)11-4-8-30/h5-6,13-15,17,38-39H,3-4,7-12,16H2,1-2H3,(H,33,35,36). The van der Waals surface area contributed by atoms with E-state index in [1.54, 1.807) is 0 Å². The number of fused-ring (bicyclic) bond motifs is 3. The van der Waals surface area contributed by atoms with Crippen LogP contribution in [0.25, 0.3) is 32.9 Å². The molecule has 4 aromatic rings. The van der Waals surface area contributed by atoms with Crippen LogP contribution in [-0.4, -0.2) is 74.6 Å². The number of ether oxygens (including phenoxy) is 2. The van der Waals surface area contributed by atoms with Gasteiger partial charge in [0, 0.05) is 12.1 Å². The van der Waals surface area contributed by atoms with E-state index in [4.69, 9.17) is 9.47 Å². The van der Waals surface area contributed by atoms with Crippen LogP contribution >= 0.6 is 0 Å². The average Bonchev–Trinajstić information content (AvgIpc) is 3.52. The van der Waals surface area contributed by atoms with Crippen molar-refractivity contribution in [2.75, 3.05) is 38.2 Å². The summed E-state index contributed by atoms with van der Waals surface area (Å²) in [5.74, 6) is -1.16. The van der Waals surface area contributed by atoms with Gasteiger partial charge in [0.05, 0.1) is 18.2 Å². The molecule has 41 heavy (non-hydrogen) atoms. The molecular formula is C30H33F2N5O4. The van der Waals surface area contributed by atoms with Crippen LogP contribution in [0.2, 0.25) is 0 Å². The number of aliphatic hydroxyl groups is 1. The highest BCUT2D eigenvalue weighted by Crippen LogP contribution is 2.42. The van der Waals surface area contributed by atoms with Crippen LogP contribution in [0.5, 0.6) is 17.6 Å². The van der Waals surface area contributed by atoms with E-state index in [2.05, 4.69) is 25.2 Å². The van der Waals surface area contributed by atoms with Gasteiger partial charge in [-0.25, -0.2) is 13.8 Å². The Labute approximate surface area is 236 Å². The predicted molar refractivity (Wildman–Crippen MR) is 151 cm³/mol. The van der Waals surface area contributed by atoms with Crippen LogP contribution in [0.1, 0.15) is 39.5 Å². The zero-order valence-corrected chi connectivity index (χ0v) is 23.1. The number of halogens is 2. The molecule has 2 aromatic carbocycles. The lowest BCUT2D eigenvalue weighted by molar-refractivity contribution is 0.108. The van der Waals surface area contributed by atoms with Crippen LogP contribution in [0.4, 0.5) is 14.6 Å². The summed E-state index contributed by atoms with van der Waals surface area (Å²) in [6, 6.07) is 6.87. The van der Waals surface area contributed by atoms with Crippen LogP contribution in [-0.2, 0) is 0 Å². The number of pyridine rings is 1. The number of nitrogens with zero attached hydrogens (tertiary/aromatic N) is 4. The van der Waals surface area contributed by atoms with Crippen molar-refractivity contribution in [3.05, 3.63) is 42.0 Å². The van der Waals surface area contributed by atoms with Crippen molar-refractivity contribution in [3.63, 3.8) is 0 Å². The maximum Gasteiger partial charge on any atom is 0.319 e. The van der Waals surface area contributed by atoms with Crippen LogP contribution < -0.4 is 14.8 Å². The van der Waals surface area contributed by atoms with Gasteiger partial charge in [-0.2, -0.15) is 9.97 Å². The minimum atomic E-state index is -0.798. The number of phenols is 1. The maximum absolute atomic E-state index is 16.5. The number of hydrogen-bond donors (Lipinski definition) is 3. The largest absolute Gasteiger partial charge is 0.508 e. The Morgan fingerprint density at radius 3 is 2.59 bits per heavy atom. The Kier molecular flexibility index (Phi) is 7.25. The number of aliphatic hydroxyl groups excluding tert-OH is 1. The molecule has 0 spiro atoms. The number of anilines is 1. The zero-order valence-electron chi connectivity index (χ0n) is 23.1. The van der Waals surface area contributed by atoms with E-state index in [-0.39, 0.29) is 70.4 Å². The summed E-state index contributed by atoms with van der Waals surface area (Å²) < 4.78 is 43.0. The first-order valence-corrected chi connectivity index (χ1v) is 14.0. The first-order chi connectivity index (χ1) is 19.8. The molecule has 0 amide bonds. The van der Waals surface area contributed by atoms with Crippen molar-refractivity contribution in [1.29, 1.82) is 0 Å². The summed E-state index contributed by atoms with van der Waals surface area (Å²) in [6.45, 7) is 6.02. The van der Waals surface area contributed by atoms with Crippen LogP contribution in [0.15, 0.2) is 30.3 Å². The number of benzene rings is 2. The summed E-state index contributed by atoms with van der Waals surface area (Å²) in [5.41, 5.74) is -0.148. The van der Waals surface area contributed by atoms with E-state index >= 15 is 4.39 Å². The fourth-order valence-electron chi connectivity index (χ4n) is 6.14. The lowest BCUT2D eigenvalue weighted by Gasteiger charge is -2.31. The van der Waals surface area contributed by atoms with Crippen molar-refractivity contribution in [2.24, 2.45) is 0 Å². The van der Waals surface area contributed by atoms with Gasteiger partial charge in [0.25, 0.3) is 0 Å². The highest BCUT2D eigenvalue weighted by atomic mass is 19.1. The number of rotatable bonds is 9. The molecule has 0 aliphatic carbocycles. The van der Waals surface area contributed by atoms with E-state index in [1.165, 1.54) is 30.3 Å². The summed E-state index contributed by atoms with van der Waals surface area (Å²) in [7, 11) is 0. The second kappa shape index (κ2) is 10.9. The first kappa shape index (κ1) is 27.3. The Bertz CT molecular complexity index is 1610. The molecule has 6 rings (SSSR count). The molecule has 2 aliphatic rings. The summed E-state index contributed by atoms with van der Waals surface area (Å²) in [5, 5.41) is 24.1. The van der Waals surface area contributed by atoms with Crippen molar-refractivity contribution < 1.29 is 28.5 Å². The van der Waals surface area contributed by atoms with Gasteiger partial charge in [-0.3, -0.25) is 4.90 Å². The van der Waals surface area contributed by atoms with Crippen molar-refractivity contribution in [1.82, 2.24) is 19.9 Å². The molecule has 0 atom stereocenters. The molecule has 2 fully saturated rings. The molecule has 9 nitrogen and oxygen atoms in total. The van der Waals surface area contributed by atoms with Gasteiger partial charge in [-0.05, 0) is 87.7 Å². The smallest absolute Gasteiger partial charge is 0.319 e. The van der Waals surface area contributed by atoms with E-state index in [0.29, 0.717) is 17.4 Å². The highest BCUT2D eigenvalue weighted by molar-refractivity contribution is 6.01. The molecule has 3 N–H and O–H groups in total. The fraction of sp³-hybridized carbons (Fsp3) is 0.433. The summed E-state index contributed by atoms with van der Waals surface area (Å²) in [6.07, 6.45) is 3.91. The number of aromatic nitrogens is 3. The lowest BCUT2D eigenvalue weighted by atomic mass is 9.95. The van der Waals surface area contributed by atoms with Gasteiger partial charge in [0.2, 0.25) is 5.88 Å². The number of phenolic OH excluding ortho intramolecular Hbond substituents is 1. The van der Waals surface area contributed by atoms with Crippen LogP contribution in [0.3, 0.4) is 0 Å². The topological polar surface area (TPSA) is 113 Å². The Balaban J connectivity index is 1.54. The lowest BCUT2D eigenvalue weighted by Crippen LogP contribution is -2.43. The van der Waals surface area contributed by atoms with E-state index < -0.39 is 11.6 Å². The molecular weight excluding hydrogens is 532 g/mol. The minimum absolute atomic E-state index is 0.00979. The molecule has 0 radical (unpaired) electrons. The van der Waals surface area contributed by atoms with E-state index in [1.807, 2.05) is 13.8 Å². The third kappa shape index (κ3) is 5.08. The zero-order chi connectivity index (χ0) is 28.7. The Hall–Kier alpha value is -3.83. The van der Waals surface area contributed by atoms with E-state index in [9.17, 15) is 14.6 Å². The molecule has 11 heteroatoms. The first-order valence-electron chi connectivity index (χ1n) is 14.0. The van der Waals surface area contributed by atoms with Crippen molar-refractivity contribution >= 4 is 27.5 Å². The van der Waals surface area contributed by atoms with Gasteiger partial charge in [0.1, 0.15) is 40.6 Å². The molecule has 4 heterocycles. The predicted octanol–water partition coefficient (Wildman–Crippen LogP) is 5.03. The number of hydrogen-bond acceptors (Lipinski definition) is 9. The maximum atomic E-state index is 16.5. The van der Waals surface area contributed by atoms with Crippen molar-refractivity contribution in [3.8, 4) is 28.9 Å². The monoisotopic (exact) mass is 565 g/mol. The molecule has 0 bridgehead atoms. The average molecular weight is 566 g/mol. The van der Waals surface area contributed by atoms with Gasteiger partial charge in [-0.1, -0.05) is 6.07 Å². The fourth-order valence-corrected chi connectivity index (χ4v) is 6.14. The third-order valence-corrected chi connectivity index (χ3v) is 7.92. The SMILES string of the molecule is CC(C)Oc1nc(-c2cc(O)cc3ccc(F)cc23)c(F)c2nc(OCC34CCCN3CCC4)nc(NCCO)c12. The molecule has 2 aliphatic heterocycles. The molecule has 2 saturated heterocycles. The van der Waals surface area contributed by atoms with Crippen LogP contribution in [0, 0.1) is 11.6 Å². The second-order valence-corrected chi connectivity index (χ2v) is 11.0. The third-order valence-electron chi connectivity index (χ3n) is 7.92. The van der Waals surface area contributed by atoms with Gasteiger partial charge in [-0.15, -0.1) is 0 Å². The van der Waals surface area contributed by atoms with Gasteiger partial charge >= 0.3 is 6.01 Å². The number of aromatic hydroxyl groups is 1. The second-order valence-electron chi connectivity index (χ2n) is 11.0. The minimum Gasteiger partial charge on any atom is -0.508 e. The molecule has 0 unspecified atom stereocenters. The Morgan fingerprint density at radius 2 is 1.85 bits per heavy atom. The quantitative estimate of drug-likeness (QED) is 0.257. The molecule has 0 saturated carbocycles. The molecule has 2 aromatic heterocycles. The highest BCUT2D eigenvalue weighted by Gasteiger charge is 2.45. The van der Waals surface area contributed by atoms with E-state index in [0.717, 1.165) is 38.8 Å². The normalized spacial score (nSPS) is 16.5. The summed E-state index contributed by atoms with van der Waals surface area (Å²) >= 11 is 0. The Morgan fingerprint density at radius 1 is 1.07 bits per heavy atom. The number of nitrogens with one attached hydrogen (secondary N) is 1.